The van der Waals surface area contributed by atoms with E-state index in [9.17, 15) is 5.11 Å². The van der Waals surface area contributed by atoms with E-state index in [2.05, 4.69) is 15.9 Å². The van der Waals surface area contributed by atoms with Crippen LogP contribution in [0.25, 0.3) is 0 Å². The van der Waals surface area contributed by atoms with Crippen LogP contribution in [0.4, 0.5) is 0 Å². The monoisotopic (exact) mass is 302 g/mol. The quantitative estimate of drug-likeness (QED) is 0.927. The Kier molecular flexibility index (Phi) is 4.55. The van der Waals surface area contributed by atoms with Crippen LogP contribution in [0.1, 0.15) is 6.42 Å². The van der Waals surface area contributed by atoms with E-state index in [4.69, 9.17) is 4.74 Å². The van der Waals surface area contributed by atoms with Crippen LogP contribution in [-0.2, 0) is 0 Å². The first-order valence-corrected chi connectivity index (χ1v) is 7.34. The summed E-state index contributed by atoms with van der Waals surface area (Å²) < 4.78 is 6.59. The zero-order chi connectivity index (χ0) is 11.4. The number of ether oxygens (including phenoxy) is 1. The zero-order valence-electron chi connectivity index (χ0n) is 8.93. The number of aliphatic hydroxyl groups is 1. The molecule has 2 atom stereocenters. The molecule has 1 N–H and O–H groups in total. The predicted octanol–water partition coefficient (Wildman–Crippen LogP) is 2.94. The molecule has 0 saturated carbocycles. The molecule has 0 aliphatic carbocycles. The van der Waals surface area contributed by atoms with Crippen molar-refractivity contribution in [2.75, 3.05) is 18.1 Å². The molecule has 0 aromatic heterocycles. The van der Waals surface area contributed by atoms with Gasteiger partial charge < -0.3 is 9.84 Å². The third-order valence-electron chi connectivity index (χ3n) is 2.74. The van der Waals surface area contributed by atoms with Crippen molar-refractivity contribution in [1.82, 2.24) is 0 Å². The number of aliphatic hydroxyl groups excluding tert-OH is 1. The Morgan fingerprint density at radius 2 is 2.19 bits per heavy atom. The second-order valence-corrected chi connectivity index (χ2v) is 6.02. The van der Waals surface area contributed by atoms with Crippen LogP contribution >= 0.6 is 27.7 Å². The van der Waals surface area contributed by atoms with Crippen molar-refractivity contribution in [2.45, 2.75) is 12.5 Å². The van der Waals surface area contributed by atoms with Gasteiger partial charge in [0.15, 0.2) is 0 Å². The van der Waals surface area contributed by atoms with E-state index in [0.717, 1.165) is 22.4 Å². The van der Waals surface area contributed by atoms with Gasteiger partial charge in [-0.15, -0.1) is 0 Å². The summed E-state index contributed by atoms with van der Waals surface area (Å²) in [6.45, 7) is 0.396. The average molecular weight is 303 g/mol. The summed E-state index contributed by atoms with van der Waals surface area (Å²) in [7, 11) is 0. The molecule has 0 amide bonds. The van der Waals surface area contributed by atoms with Gasteiger partial charge in [0.25, 0.3) is 0 Å². The van der Waals surface area contributed by atoms with Gasteiger partial charge in [0.2, 0.25) is 0 Å². The zero-order valence-corrected chi connectivity index (χ0v) is 11.3. The Morgan fingerprint density at radius 1 is 1.44 bits per heavy atom. The number of thioether (sulfide) groups is 1. The van der Waals surface area contributed by atoms with E-state index < -0.39 is 0 Å². The average Bonchev–Trinajstić information content (AvgIpc) is 2.81. The maximum absolute atomic E-state index is 9.92. The molecule has 1 aliphatic rings. The molecule has 1 heterocycles. The van der Waals surface area contributed by atoms with Crippen molar-refractivity contribution in [1.29, 1.82) is 0 Å². The minimum absolute atomic E-state index is 0.335. The third kappa shape index (κ3) is 3.40. The van der Waals surface area contributed by atoms with Gasteiger partial charge in [0.05, 0.1) is 6.10 Å². The molecule has 1 saturated heterocycles. The summed E-state index contributed by atoms with van der Waals surface area (Å²) in [5, 5.41) is 9.92. The Labute approximate surface area is 109 Å². The molecule has 1 aliphatic heterocycles. The summed E-state index contributed by atoms with van der Waals surface area (Å²) in [5.74, 6) is 3.44. The van der Waals surface area contributed by atoms with Crippen molar-refractivity contribution in [3.05, 3.63) is 28.7 Å². The normalized spacial score (nSPS) is 22.0. The molecule has 2 unspecified atom stereocenters. The highest BCUT2D eigenvalue weighted by Crippen LogP contribution is 2.26. The molecule has 1 fully saturated rings. The lowest BCUT2D eigenvalue weighted by Crippen LogP contribution is -2.27. The largest absolute Gasteiger partial charge is 0.491 e. The number of hydrogen-bond donors (Lipinski definition) is 1. The highest BCUT2D eigenvalue weighted by molar-refractivity contribution is 9.10. The molecule has 1 aromatic rings. The first-order chi connectivity index (χ1) is 7.75. The van der Waals surface area contributed by atoms with Gasteiger partial charge in [-0.25, -0.2) is 0 Å². The molecular weight excluding hydrogens is 288 g/mol. The highest BCUT2D eigenvalue weighted by atomic mass is 79.9. The van der Waals surface area contributed by atoms with E-state index in [0.29, 0.717) is 12.5 Å². The molecule has 2 nitrogen and oxygen atoms in total. The van der Waals surface area contributed by atoms with Crippen molar-refractivity contribution < 1.29 is 9.84 Å². The maximum Gasteiger partial charge on any atom is 0.119 e. The summed E-state index contributed by atoms with van der Waals surface area (Å²) in [4.78, 5) is 0. The third-order valence-corrected chi connectivity index (χ3v) is 4.46. The number of rotatable bonds is 4. The molecular formula is C12H15BrO2S. The van der Waals surface area contributed by atoms with Crippen LogP contribution in [0.2, 0.25) is 0 Å². The van der Waals surface area contributed by atoms with Crippen molar-refractivity contribution in [2.24, 2.45) is 5.92 Å². The fraction of sp³-hybridized carbons (Fsp3) is 0.500. The number of benzene rings is 1. The van der Waals surface area contributed by atoms with Crippen LogP contribution in [-0.4, -0.2) is 29.3 Å². The maximum atomic E-state index is 9.92. The fourth-order valence-electron chi connectivity index (χ4n) is 1.70. The van der Waals surface area contributed by atoms with Crippen LogP contribution < -0.4 is 4.74 Å². The van der Waals surface area contributed by atoms with Crippen molar-refractivity contribution in [3.63, 3.8) is 0 Å². The molecule has 16 heavy (non-hydrogen) atoms. The van der Waals surface area contributed by atoms with Gasteiger partial charge in [0.1, 0.15) is 12.4 Å². The smallest absolute Gasteiger partial charge is 0.119 e. The standard InChI is InChI=1S/C12H15BrO2S/c13-10-1-3-11(4-2-10)15-7-12(14)9-5-6-16-8-9/h1-4,9,12,14H,5-8H2. The van der Waals surface area contributed by atoms with Crippen LogP contribution in [0.15, 0.2) is 28.7 Å². The molecule has 1 aromatic carbocycles. The Morgan fingerprint density at radius 3 is 2.81 bits per heavy atom. The molecule has 88 valence electrons. The van der Waals surface area contributed by atoms with Crippen molar-refractivity contribution in [3.8, 4) is 5.75 Å². The van der Waals surface area contributed by atoms with Crippen LogP contribution in [0.5, 0.6) is 5.75 Å². The van der Waals surface area contributed by atoms with Crippen molar-refractivity contribution >= 4 is 27.7 Å². The van der Waals surface area contributed by atoms with Gasteiger partial charge >= 0.3 is 0 Å². The van der Waals surface area contributed by atoms with E-state index in [1.165, 1.54) is 5.75 Å². The molecule has 0 radical (unpaired) electrons. The van der Waals surface area contributed by atoms with E-state index in [-0.39, 0.29) is 6.10 Å². The van der Waals surface area contributed by atoms with E-state index in [1.54, 1.807) is 0 Å². The van der Waals surface area contributed by atoms with Gasteiger partial charge in [-0.05, 0) is 48.1 Å². The first-order valence-electron chi connectivity index (χ1n) is 5.40. The Balaban J connectivity index is 1.80. The predicted molar refractivity (Wildman–Crippen MR) is 71.1 cm³/mol. The summed E-state index contributed by atoms with van der Waals surface area (Å²) >= 11 is 5.28. The topological polar surface area (TPSA) is 29.5 Å². The molecule has 4 heteroatoms. The van der Waals surface area contributed by atoms with Gasteiger partial charge in [0, 0.05) is 4.47 Å². The Hall–Kier alpha value is -0.190. The van der Waals surface area contributed by atoms with E-state index in [1.807, 2.05) is 36.0 Å². The lowest BCUT2D eigenvalue weighted by molar-refractivity contribution is 0.0663. The van der Waals surface area contributed by atoms with Gasteiger partial charge in [-0.1, -0.05) is 15.9 Å². The number of hydrogen-bond acceptors (Lipinski definition) is 3. The molecule has 0 bridgehead atoms. The SMILES string of the molecule is OC(COc1ccc(Br)cc1)C1CCSC1. The van der Waals surface area contributed by atoms with Crippen LogP contribution in [0, 0.1) is 5.92 Å². The number of halogens is 1. The second kappa shape index (κ2) is 5.94. The second-order valence-electron chi connectivity index (χ2n) is 3.96. The lowest BCUT2D eigenvalue weighted by Gasteiger charge is -2.17. The highest BCUT2D eigenvalue weighted by Gasteiger charge is 2.23. The summed E-state index contributed by atoms with van der Waals surface area (Å²) in [6.07, 6.45) is 0.772. The Bertz CT molecular complexity index is 322. The van der Waals surface area contributed by atoms with Gasteiger partial charge in [-0.2, -0.15) is 11.8 Å². The summed E-state index contributed by atoms with van der Waals surface area (Å²) in [6, 6.07) is 7.68. The van der Waals surface area contributed by atoms with E-state index >= 15 is 0 Å². The molecule has 0 spiro atoms. The first kappa shape index (κ1) is 12.3. The minimum Gasteiger partial charge on any atom is -0.491 e. The van der Waals surface area contributed by atoms with Gasteiger partial charge in [-0.3, -0.25) is 0 Å². The van der Waals surface area contributed by atoms with Crippen LogP contribution in [0.3, 0.4) is 0 Å². The fourth-order valence-corrected chi connectivity index (χ4v) is 3.30. The molecule has 2 rings (SSSR count). The summed E-state index contributed by atoms with van der Waals surface area (Å²) in [5.41, 5.74) is 0. The lowest BCUT2D eigenvalue weighted by atomic mass is 10.0. The minimum atomic E-state index is -0.335.